The van der Waals surface area contributed by atoms with Crippen LogP contribution in [0.3, 0.4) is 0 Å². The summed E-state index contributed by atoms with van der Waals surface area (Å²) < 4.78 is 0. The zero-order valence-corrected chi connectivity index (χ0v) is 43.1. The van der Waals surface area contributed by atoms with Gasteiger partial charge >= 0.3 is 23.9 Å². The van der Waals surface area contributed by atoms with Crippen LogP contribution in [-0.2, 0) is 62.3 Å². The molecular weight excluding hydrogens is 1010 g/mol. The van der Waals surface area contributed by atoms with Gasteiger partial charge in [0.2, 0.25) is 53.2 Å². The Morgan fingerprint density at radius 2 is 1.07 bits per heavy atom. The van der Waals surface area contributed by atoms with Gasteiger partial charge in [-0.05, 0) is 63.7 Å². The van der Waals surface area contributed by atoms with Crippen molar-refractivity contribution in [2.75, 3.05) is 13.1 Å². The van der Waals surface area contributed by atoms with Gasteiger partial charge in [-0.15, -0.1) is 0 Å². The summed E-state index contributed by atoms with van der Waals surface area (Å²) in [5.41, 5.74) is 22.0. The maximum Gasteiger partial charge on any atom is 0.326 e. The fourth-order valence-electron chi connectivity index (χ4n) is 7.59. The molecular formula is C45H75N13O18. The number of carboxylic acids is 4. The Bertz CT molecular complexity index is 2140. The molecule has 1 saturated heterocycles. The van der Waals surface area contributed by atoms with Gasteiger partial charge in [0.25, 0.3) is 0 Å². The average molecular weight is 1090 g/mol. The molecule has 1 rings (SSSR count). The van der Waals surface area contributed by atoms with E-state index in [-0.39, 0.29) is 57.6 Å². The lowest BCUT2D eigenvalue weighted by atomic mass is 9.96. The van der Waals surface area contributed by atoms with E-state index in [1.165, 1.54) is 13.8 Å². The maximum atomic E-state index is 14.2. The normalized spacial score (nSPS) is 17.0. The fraction of sp³-hybridized carbons (Fsp3) is 0.689. The highest BCUT2D eigenvalue weighted by Crippen LogP contribution is 2.21. The Balaban J connectivity index is 3.47. The van der Waals surface area contributed by atoms with Gasteiger partial charge in [-0.3, -0.25) is 62.5 Å². The molecule has 1 aliphatic heterocycles. The fourth-order valence-corrected chi connectivity index (χ4v) is 7.59. The molecule has 1 heterocycles. The molecule has 0 saturated carbocycles. The highest BCUT2D eigenvalue weighted by molar-refractivity contribution is 5.99. The van der Waals surface area contributed by atoms with Crippen LogP contribution in [0.5, 0.6) is 0 Å². The van der Waals surface area contributed by atoms with Crippen LogP contribution in [0, 0.1) is 11.8 Å². The van der Waals surface area contributed by atoms with Crippen LogP contribution < -0.4 is 60.2 Å². The molecule has 0 unspecified atom stereocenters. The summed E-state index contributed by atoms with van der Waals surface area (Å²) in [6, 6.07) is -14.0. The number of hydrogen-bond acceptors (Lipinski definition) is 16. The van der Waals surface area contributed by atoms with E-state index in [4.69, 9.17) is 33.1 Å². The summed E-state index contributed by atoms with van der Waals surface area (Å²) in [5, 5.41) is 64.4. The number of guanidine groups is 1. The number of nitrogens with zero attached hydrogens (tertiary/aromatic N) is 2. The summed E-state index contributed by atoms with van der Waals surface area (Å²) in [6.07, 6.45) is -5.40. The summed E-state index contributed by atoms with van der Waals surface area (Å²) in [4.78, 5) is 172. The lowest BCUT2D eigenvalue weighted by Gasteiger charge is -2.33. The molecule has 31 heteroatoms. The minimum atomic E-state index is -1.82. The van der Waals surface area contributed by atoms with Crippen LogP contribution in [0.15, 0.2) is 4.99 Å². The van der Waals surface area contributed by atoms with Crippen molar-refractivity contribution in [1.82, 2.24) is 42.1 Å². The van der Waals surface area contributed by atoms with Gasteiger partial charge < -0.3 is 90.6 Å². The number of rotatable bonds is 35. The summed E-state index contributed by atoms with van der Waals surface area (Å²) in [5.74, 6) is -16.4. The number of aliphatic carboxylic acids is 4. The van der Waals surface area contributed by atoms with Crippen molar-refractivity contribution in [2.24, 2.45) is 39.8 Å². The standard InChI is InChI=1S/C45H75N13O18/c1-6-21(4)34(42(73)51-24(9-7-17-50-45(48)49)37(68)54-27(19-29(47)60)39(70)53-26(44(75)76)13-16-32(65)66)56-40(71)28-10-8-18-58(28)43(74)35(22(5)59)57-38(69)25(12-15-31(63)64)52-41(72)33(20(2)3)55-36(67)23(46)11-14-30(61)62/h20-28,33-35,59H,6-19,46H2,1-5H3,(H2,47,60)(H,51,73)(H,52,72)(H,53,70)(H,54,68)(H,55,67)(H,56,71)(H,57,69)(H,61,62)(H,63,64)(H,65,66)(H,75,76)(H4,48,49,50)/t21-,22+,23-,24-,25-,26-,27-,28-,33-,34-,35-/m0/s1. The maximum absolute atomic E-state index is 14.2. The predicted molar refractivity (Wildman–Crippen MR) is 264 cm³/mol. The molecule has 0 spiro atoms. The monoisotopic (exact) mass is 1090 g/mol. The van der Waals surface area contributed by atoms with Crippen LogP contribution in [0.1, 0.15) is 112 Å². The van der Waals surface area contributed by atoms with Crippen molar-refractivity contribution < 1.29 is 87.9 Å². The number of carbonyl (C=O) groups excluding carboxylic acids is 9. The number of aliphatic hydroxyl groups is 1. The van der Waals surface area contributed by atoms with Crippen molar-refractivity contribution in [3.8, 4) is 0 Å². The van der Waals surface area contributed by atoms with Crippen molar-refractivity contribution in [3.05, 3.63) is 0 Å². The molecule has 428 valence electrons. The summed E-state index contributed by atoms with van der Waals surface area (Å²) >= 11 is 0. The second-order valence-corrected chi connectivity index (χ2v) is 18.6. The molecule has 31 nitrogen and oxygen atoms in total. The molecule has 0 aliphatic carbocycles. The molecule has 76 heavy (non-hydrogen) atoms. The topological polar surface area (TPSA) is 527 Å². The zero-order chi connectivity index (χ0) is 58.1. The highest BCUT2D eigenvalue weighted by Gasteiger charge is 2.42. The molecule has 0 radical (unpaired) electrons. The lowest BCUT2D eigenvalue weighted by molar-refractivity contribution is -0.145. The summed E-state index contributed by atoms with van der Waals surface area (Å²) in [7, 11) is 0. The number of aliphatic imine (C=N–C) groups is 1. The van der Waals surface area contributed by atoms with Gasteiger partial charge in [-0.1, -0.05) is 34.1 Å². The number of nitrogens with two attached hydrogens (primary N) is 4. The predicted octanol–water partition coefficient (Wildman–Crippen LogP) is -5.61. The van der Waals surface area contributed by atoms with Crippen LogP contribution in [0.2, 0.25) is 0 Å². The Morgan fingerprint density at radius 1 is 0.592 bits per heavy atom. The van der Waals surface area contributed by atoms with Gasteiger partial charge in [0.05, 0.1) is 18.6 Å². The third kappa shape index (κ3) is 23.2. The summed E-state index contributed by atoms with van der Waals surface area (Å²) in [6.45, 7) is 7.31. The lowest BCUT2D eigenvalue weighted by Crippen LogP contribution is -2.62. The molecule has 0 aromatic heterocycles. The number of primary amides is 1. The van der Waals surface area contributed by atoms with Crippen LogP contribution in [-0.4, -0.2) is 187 Å². The highest BCUT2D eigenvalue weighted by atomic mass is 16.4. The number of aliphatic hydroxyl groups excluding tert-OH is 1. The van der Waals surface area contributed by atoms with Gasteiger partial charge in [0, 0.05) is 32.4 Å². The Labute approximate surface area is 437 Å². The van der Waals surface area contributed by atoms with Crippen LogP contribution in [0.25, 0.3) is 0 Å². The number of likely N-dealkylation sites (tertiary alicyclic amines) is 1. The van der Waals surface area contributed by atoms with Gasteiger partial charge in [-0.2, -0.15) is 0 Å². The van der Waals surface area contributed by atoms with E-state index < -0.39 is 188 Å². The van der Waals surface area contributed by atoms with Crippen molar-refractivity contribution >= 4 is 83.0 Å². The van der Waals surface area contributed by atoms with Crippen molar-refractivity contribution in [3.63, 3.8) is 0 Å². The van der Waals surface area contributed by atoms with Crippen molar-refractivity contribution in [1.29, 1.82) is 0 Å². The second-order valence-electron chi connectivity index (χ2n) is 18.6. The molecule has 0 aromatic rings. The molecule has 1 fully saturated rings. The van der Waals surface area contributed by atoms with Gasteiger partial charge in [-0.25, -0.2) is 4.79 Å². The number of carbonyl (C=O) groups is 13. The molecule has 9 amide bonds. The van der Waals surface area contributed by atoms with Crippen LogP contribution >= 0.6 is 0 Å². The zero-order valence-electron chi connectivity index (χ0n) is 43.1. The number of hydrogen-bond donors (Lipinski definition) is 16. The number of amides is 9. The first-order valence-electron chi connectivity index (χ1n) is 24.5. The first-order valence-corrected chi connectivity index (χ1v) is 24.5. The molecule has 20 N–H and O–H groups in total. The van der Waals surface area contributed by atoms with E-state index in [1.807, 2.05) is 0 Å². The van der Waals surface area contributed by atoms with E-state index in [0.717, 1.165) is 11.8 Å². The van der Waals surface area contributed by atoms with Crippen LogP contribution in [0.4, 0.5) is 0 Å². The largest absolute Gasteiger partial charge is 0.481 e. The number of carboxylic acid groups (broad SMARTS) is 4. The molecule has 0 bridgehead atoms. The van der Waals surface area contributed by atoms with E-state index in [1.54, 1.807) is 13.8 Å². The van der Waals surface area contributed by atoms with Gasteiger partial charge in [0.15, 0.2) is 5.96 Å². The molecule has 0 aromatic carbocycles. The van der Waals surface area contributed by atoms with E-state index in [0.29, 0.717) is 0 Å². The Hall–Kier alpha value is -7.70. The van der Waals surface area contributed by atoms with Crippen molar-refractivity contribution in [2.45, 2.75) is 172 Å². The first kappa shape index (κ1) is 66.3. The molecule has 1 aliphatic rings. The minimum Gasteiger partial charge on any atom is -0.481 e. The average Bonchev–Trinajstić information content (AvgIpc) is 3.83. The SMILES string of the molecule is CC[C@H](C)[C@H](NC(=O)[C@@H]1CCCN1C(=O)[C@@H](NC(=O)[C@H](CCC(=O)O)NC(=O)[C@@H](NC(=O)[C@@H](N)CCC(=O)O)C(C)C)[C@@H](C)O)C(=O)N[C@@H](CCCN=C(N)N)C(=O)N[C@@H](CC(N)=O)C(=O)N[C@@H](CCC(=O)O)C(=O)O. The van der Waals surface area contributed by atoms with E-state index in [9.17, 15) is 77.6 Å². The smallest absolute Gasteiger partial charge is 0.326 e. The van der Waals surface area contributed by atoms with E-state index >= 15 is 0 Å². The third-order valence-corrected chi connectivity index (χ3v) is 12.1. The Morgan fingerprint density at radius 3 is 1.57 bits per heavy atom. The molecule has 11 atom stereocenters. The third-order valence-electron chi connectivity index (χ3n) is 12.1. The minimum absolute atomic E-state index is 0.0185. The number of nitrogens with one attached hydrogen (secondary N) is 7. The quantitative estimate of drug-likeness (QED) is 0.0160. The first-order chi connectivity index (χ1) is 35.4. The second kappa shape index (κ2) is 32.6. The van der Waals surface area contributed by atoms with E-state index in [2.05, 4.69) is 42.2 Å². The Kier molecular flexibility index (Phi) is 28.4. The van der Waals surface area contributed by atoms with Gasteiger partial charge in [0.1, 0.15) is 48.3 Å².